The Balaban J connectivity index is 0.000000360. The van der Waals surface area contributed by atoms with Gasteiger partial charge in [0.1, 0.15) is 5.82 Å². The van der Waals surface area contributed by atoms with Gasteiger partial charge in [-0.2, -0.15) is 18.3 Å². The van der Waals surface area contributed by atoms with Crippen molar-refractivity contribution in [2.24, 2.45) is 0 Å². The number of nitrogens with zero attached hydrogens (tertiary/aromatic N) is 5. The summed E-state index contributed by atoms with van der Waals surface area (Å²) in [5.41, 5.74) is 1.04. The highest BCUT2D eigenvalue weighted by Gasteiger charge is 2.38. The summed E-state index contributed by atoms with van der Waals surface area (Å²) in [5, 5.41) is 11.4. The molecule has 170 valence electrons. The number of anilines is 1. The molecule has 0 saturated carbocycles. The number of furan rings is 1. The van der Waals surface area contributed by atoms with Crippen LogP contribution in [0.15, 0.2) is 59.6 Å². The molecule has 0 saturated heterocycles. The molecule has 4 rings (SSSR count). The van der Waals surface area contributed by atoms with Gasteiger partial charge in [0.15, 0.2) is 5.76 Å². The summed E-state index contributed by atoms with van der Waals surface area (Å²) in [6.07, 6.45) is 1.96. The zero-order valence-corrected chi connectivity index (χ0v) is 16.8. The molecule has 9 nitrogen and oxygen atoms in total. The minimum absolute atomic E-state index is 0.0891. The second-order valence-electron chi connectivity index (χ2n) is 6.75. The maximum Gasteiger partial charge on any atom is 0.490 e. The molecular weight excluding hydrogens is 431 g/mol. The molecule has 3 aromatic rings. The second-order valence-corrected chi connectivity index (χ2v) is 6.75. The number of amides is 1. The maximum atomic E-state index is 12.7. The van der Waals surface area contributed by atoms with Crippen molar-refractivity contribution in [3.63, 3.8) is 0 Å². The molecule has 0 aliphatic carbocycles. The summed E-state index contributed by atoms with van der Waals surface area (Å²) in [6, 6.07) is 9.28. The number of rotatable bonds is 4. The average Bonchev–Trinajstić information content (AvgIpc) is 3.44. The molecular formula is C20H20F3N5O4. The summed E-state index contributed by atoms with van der Waals surface area (Å²) in [7, 11) is 0. The van der Waals surface area contributed by atoms with Crippen molar-refractivity contribution in [2.45, 2.75) is 19.3 Å². The van der Waals surface area contributed by atoms with Crippen LogP contribution < -0.4 is 4.90 Å². The predicted molar refractivity (Wildman–Crippen MR) is 106 cm³/mol. The summed E-state index contributed by atoms with van der Waals surface area (Å²) >= 11 is 0. The minimum atomic E-state index is -5.08. The van der Waals surface area contributed by atoms with Crippen molar-refractivity contribution in [3.8, 4) is 0 Å². The van der Waals surface area contributed by atoms with Gasteiger partial charge in [-0.05, 0) is 24.3 Å². The lowest BCUT2D eigenvalue weighted by atomic mass is 10.2. The van der Waals surface area contributed by atoms with E-state index in [-0.39, 0.29) is 5.91 Å². The van der Waals surface area contributed by atoms with E-state index >= 15 is 0 Å². The predicted octanol–water partition coefficient (Wildman–Crippen LogP) is 2.67. The van der Waals surface area contributed by atoms with Crippen molar-refractivity contribution < 1.29 is 32.3 Å². The highest BCUT2D eigenvalue weighted by atomic mass is 19.4. The molecule has 0 fully saturated rings. The fourth-order valence-corrected chi connectivity index (χ4v) is 3.07. The van der Waals surface area contributed by atoms with Crippen molar-refractivity contribution in [3.05, 3.63) is 66.5 Å². The van der Waals surface area contributed by atoms with Crippen LogP contribution in [0.3, 0.4) is 0 Å². The van der Waals surface area contributed by atoms with E-state index < -0.39 is 12.1 Å². The molecule has 1 amide bonds. The molecule has 0 aromatic carbocycles. The molecule has 1 aliphatic rings. The molecule has 0 spiro atoms. The Morgan fingerprint density at radius 1 is 1.09 bits per heavy atom. The fraction of sp³-hybridized carbons (Fsp3) is 0.300. The Kier molecular flexibility index (Phi) is 7.13. The summed E-state index contributed by atoms with van der Waals surface area (Å²) in [4.78, 5) is 30.1. The van der Waals surface area contributed by atoms with E-state index in [4.69, 9.17) is 14.3 Å². The highest BCUT2D eigenvalue weighted by Crippen LogP contribution is 2.23. The molecule has 0 unspecified atom stereocenters. The third kappa shape index (κ3) is 5.86. The standard InChI is InChI=1S/C18H19N5O2.C2HF3O2/c24-18(16-5-2-13-25-16)22-10-9-21(11-12-23-8-3-7-20-23)17-15(14-22)4-1-6-19-17;3-2(4,5)1(6)7/h1-8,13H,9-12,14H2;(H,6,7). The number of aliphatic carboxylic acids is 1. The summed E-state index contributed by atoms with van der Waals surface area (Å²) < 4.78 is 38.9. The zero-order chi connectivity index (χ0) is 23.1. The first-order valence-corrected chi connectivity index (χ1v) is 9.55. The average molecular weight is 451 g/mol. The topological polar surface area (TPSA) is 105 Å². The lowest BCUT2D eigenvalue weighted by molar-refractivity contribution is -0.192. The van der Waals surface area contributed by atoms with Gasteiger partial charge in [0.2, 0.25) is 0 Å². The van der Waals surface area contributed by atoms with E-state index in [1.165, 1.54) is 6.26 Å². The van der Waals surface area contributed by atoms with Crippen molar-refractivity contribution in [1.29, 1.82) is 0 Å². The zero-order valence-electron chi connectivity index (χ0n) is 16.8. The Bertz CT molecular complexity index is 1020. The number of fused-ring (bicyclic) bond motifs is 1. The number of hydrogen-bond donors (Lipinski definition) is 1. The van der Waals surface area contributed by atoms with Gasteiger partial charge in [-0.1, -0.05) is 6.07 Å². The van der Waals surface area contributed by atoms with E-state index in [0.29, 0.717) is 18.8 Å². The number of carbonyl (C=O) groups is 2. The van der Waals surface area contributed by atoms with Crippen LogP contribution in [0.1, 0.15) is 16.1 Å². The second kappa shape index (κ2) is 9.98. The molecule has 3 aromatic heterocycles. The number of halogens is 3. The van der Waals surface area contributed by atoms with E-state index in [9.17, 15) is 18.0 Å². The van der Waals surface area contributed by atoms with Crippen molar-refractivity contribution >= 4 is 17.7 Å². The van der Waals surface area contributed by atoms with E-state index in [2.05, 4.69) is 15.0 Å². The molecule has 0 atom stereocenters. The van der Waals surface area contributed by atoms with Gasteiger partial charge in [-0.3, -0.25) is 9.48 Å². The molecule has 32 heavy (non-hydrogen) atoms. The fourth-order valence-electron chi connectivity index (χ4n) is 3.07. The van der Waals surface area contributed by atoms with Gasteiger partial charge in [0.25, 0.3) is 5.91 Å². The maximum absolute atomic E-state index is 12.7. The normalized spacial score (nSPS) is 13.6. The van der Waals surface area contributed by atoms with E-state index in [0.717, 1.165) is 31.0 Å². The number of pyridine rings is 1. The minimum Gasteiger partial charge on any atom is -0.475 e. The van der Waals surface area contributed by atoms with Crippen LogP contribution in [0.2, 0.25) is 0 Å². The third-order valence-electron chi connectivity index (χ3n) is 4.59. The number of carboxylic acids is 1. The first kappa shape index (κ1) is 22.8. The van der Waals surface area contributed by atoms with Crippen LogP contribution in [0.4, 0.5) is 19.0 Å². The van der Waals surface area contributed by atoms with Gasteiger partial charge >= 0.3 is 12.1 Å². The number of carbonyl (C=O) groups excluding carboxylic acids is 1. The summed E-state index contributed by atoms with van der Waals surface area (Å²) in [5.74, 6) is -1.54. The van der Waals surface area contributed by atoms with Crippen LogP contribution in [0.25, 0.3) is 0 Å². The molecule has 0 bridgehead atoms. The number of carboxylic acid groups (broad SMARTS) is 1. The van der Waals surface area contributed by atoms with Crippen LogP contribution >= 0.6 is 0 Å². The van der Waals surface area contributed by atoms with E-state index in [1.807, 2.05) is 34.0 Å². The van der Waals surface area contributed by atoms with Crippen LogP contribution in [0, 0.1) is 0 Å². The Hall–Kier alpha value is -3.83. The van der Waals surface area contributed by atoms with Crippen LogP contribution in [-0.4, -0.2) is 62.5 Å². The quantitative estimate of drug-likeness (QED) is 0.650. The van der Waals surface area contributed by atoms with Crippen LogP contribution in [0.5, 0.6) is 0 Å². The Labute approximate surface area is 180 Å². The number of alkyl halides is 3. The monoisotopic (exact) mass is 451 g/mol. The Morgan fingerprint density at radius 3 is 2.50 bits per heavy atom. The number of aromatic nitrogens is 3. The molecule has 12 heteroatoms. The van der Waals surface area contributed by atoms with Crippen molar-refractivity contribution in [2.75, 3.05) is 24.5 Å². The van der Waals surface area contributed by atoms with Gasteiger partial charge in [0.05, 0.1) is 12.8 Å². The molecule has 4 heterocycles. The first-order valence-electron chi connectivity index (χ1n) is 9.55. The molecule has 0 radical (unpaired) electrons. The van der Waals surface area contributed by atoms with Gasteiger partial charge in [0, 0.05) is 50.3 Å². The highest BCUT2D eigenvalue weighted by molar-refractivity contribution is 5.91. The van der Waals surface area contributed by atoms with Crippen LogP contribution in [-0.2, 0) is 17.9 Å². The molecule has 1 aliphatic heterocycles. The third-order valence-corrected chi connectivity index (χ3v) is 4.59. The lowest BCUT2D eigenvalue weighted by Gasteiger charge is -2.23. The van der Waals surface area contributed by atoms with Gasteiger partial charge in [-0.15, -0.1) is 0 Å². The molecule has 1 N–H and O–H groups in total. The van der Waals surface area contributed by atoms with E-state index in [1.54, 1.807) is 24.5 Å². The lowest BCUT2D eigenvalue weighted by Crippen LogP contribution is -2.36. The largest absolute Gasteiger partial charge is 0.490 e. The smallest absolute Gasteiger partial charge is 0.475 e. The SMILES string of the molecule is O=C(O)C(F)(F)F.O=C(c1ccco1)N1CCN(CCn2cccn2)c2ncccc2C1. The first-order chi connectivity index (χ1) is 15.3. The van der Waals surface area contributed by atoms with Gasteiger partial charge < -0.3 is 19.3 Å². The van der Waals surface area contributed by atoms with Gasteiger partial charge in [-0.25, -0.2) is 9.78 Å². The number of hydrogen-bond acceptors (Lipinski definition) is 6. The summed E-state index contributed by atoms with van der Waals surface area (Å²) in [6.45, 7) is 3.43. The van der Waals surface area contributed by atoms with Crippen molar-refractivity contribution in [1.82, 2.24) is 19.7 Å². The Morgan fingerprint density at radius 2 is 1.88 bits per heavy atom.